The van der Waals surface area contributed by atoms with Crippen LogP contribution in [0.2, 0.25) is 10.0 Å². The first-order valence-electron chi connectivity index (χ1n) is 8.70. The zero-order valence-corrected chi connectivity index (χ0v) is 16.4. The van der Waals surface area contributed by atoms with Crippen molar-refractivity contribution in [2.24, 2.45) is 0 Å². The summed E-state index contributed by atoms with van der Waals surface area (Å²) in [6.07, 6.45) is 1.64. The van der Waals surface area contributed by atoms with Gasteiger partial charge in [-0.05, 0) is 36.8 Å². The summed E-state index contributed by atoms with van der Waals surface area (Å²) in [4.78, 5) is 12.5. The molecule has 0 aliphatic carbocycles. The van der Waals surface area contributed by atoms with Gasteiger partial charge < -0.3 is 15.1 Å². The highest BCUT2D eigenvalue weighted by atomic mass is 35.5. The summed E-state index contributed by atoms with van der Waals surface area (Å²) < 4.78 is 5.57. The summed E-state index contributed by atoms with van der Waals surface area (Å²) >= 11 is 12.2. The van der Waals surface area contributed by atoms with E-state index in [1.54, 1.807) is 18.4 Å². The third kappa shape index (κ3) is 5.13. The molecule has 1 amide bonds. The average Bonchev–Trinajstić information content (AvgIpc) is 3.17. The average molecular weight is 404 g/mol. The number of quaternary nitrogens is 1. The molecule has 0 saturated heterocycles. The van der Waals surface area contributed by atoms with Gasteiger partial charge in [0, 0.05) is 15.6 Å². The molecule has 0 fully saturated rings. The molecule has 0 unspecified atom stereocenters. The van der Waals surface area contributed by atoms with E-state index in [0.717, 1.165) is 16.9 Å². The second-order valence-electron chi connectivity index (χ2n) is 6.30. The number of hydrogen-bond donors (Lipinski definition) is 2. The molecule has 3 rings (SSSR count). The van der Waals surface area contributed by atoms with E-state index in [9.17, 15) is 4.79 Å². The van der Waals surface area contributed by atoms with Gasteiger partial charge in [-0.1, -0.05) is 59.6 Å². The lowest BCUT2D eigenvalue weighted by Gasteiger charge is -2.17. The third-order valence-corrected chi connectivity index (χ3v) is 4.92. The van der Waals surface area contributed by atoms with Crippen LogP contribution < -0.4 is 10.6 Å². The predicted octanol–water partition coefficient (Wildman–Crippen LogP) is 4.12. The topological polar surface area (TPSA) is 58.9 Å². The Morgan fingerprint density at radius 1 is 1.11 bits per heavy atom. The van der Waals surface area contributed by atoms with Crippen LogP contribution in [0.5, 0.6) is 0 Å². The van der Waals surface area contributed by atoms with E-state index in [0.29, 0.717) is 10.0 Å². The Bertz CT molecular complexity index is 882. The fourth-order valence-electron chi connectivity index (χ4n) is 3.00. The van der Waals surface area contributed by atoms with Gasteiger partial charge in [-0.3, -0.25) is 4.79 Å². The summed E-state index contributed by atoms with van der Waals surface area (Å²) in [7, 11) is 0. The Hall–Kier alpha value is -2.27. The maximum Gasteiger partial charge on any atom is 0.275 e. The molecule has 0 radical (unpaired) electrons. The summed E-state index contributed by atoms with van der Waals surface area (Å²) in [6, 6.07) is 18.7. The van der Waals surface area contributed by atoms with Crippen molar-refractivity contribution < 1.29 is 14.5 Å². The molecule has 4 nitrogen and oxygen atoms in total. The van der Waals surface area contributed by atoms with Crippen LogP contribution in [0.15, 0.2) is 71.3 Å². The van der Waals surface area contributed by atoms with Crippen molar-refractivity contribution in [1.29, 1.82) is 0 Å². The Morgan fingerprint density at radius 3 is 2.56 bits per heavy atom. The third-order valence-electron chi connectivity index (χ3n) is 4.35. The number of carbonyl (C=O) groups is 1. The number of rotatable bonds is 7. The number of furan rings is 1. The van der Waals surface area contributed by atoms with Gasteiger partial charge in [0.2, 0.25) is 0 Å². The van der Waals surface area contributed by atoms with E-state index in [4.69, 9.17) is 27.6 Å². The minimum atomic E-state index is -0.213. The van der Waals surface area contributed by atoms with Crippen molar-refractivity contribution in [3.8, 4) is 0 Å². The van der Waals surface area contributed by atoms with Crippen LogP contribution in [0.25, 0.3) is 0 Å². The van der Waals surface area contributed by atoms with E-state index in [1.165, 1.54) is 0 Å². The second-order valence-corrected chi connectivity index (χ2v) is 7.14. The van der Waals surface area contributed by atoms with Crippen LogP contribution in [0.3, 0.4) is 0 Å². The number of hydrogen-bond acceptors (Lipinski definition) is 2. The van der Waals surface area contributed by atoms with Crippen LogP contribution in [0, 0.1) is 0 Å². The van der Waals surface area contributed by atoms with E-state index in [2.05, 4.69) is 5.32 Å². The first-order valence-corrected chi connectivity index (χ1v) is 9.46. The summed E-state index contributed by atoms with van der Waals surface area (Å²) in [5.74, 6) is 0.726. The quantitative estimate of drug-likeness (QED) is 0.623. The SMILES string of the molecule is C[C@@H](NC(=O)C[NH2+][C@@H](c1ccccc1)c1ccco1)c1ccc(Cl)cc1Cl. The highest BCUT2D eigenvalue weighted by Gasteiger charge is 2.22. The van der Waals surface area contributed by atoms with E-state index in [1.807, 2.05) is 60.8 Å². The molecule has 1 heterocycles. The van der Waals surface area contributed by atoms with Crippen molar-refractivity contribution in [3.05, 3.63) is 93.9 Å². The van der Waals surface area contributed by atoms with Gasteiger partial charge in [0.25, 0.3) is 5.91 Å². The zero-order valence-electron chi connectivity index (χ0n) is 14.9. The van der Waals surface area contributed by atoms with E-state index < -0.39 is 0 Å². The van der Waals surface area contributed by atoms with Crippen LogP contribution in [-0.4, -0.2) is 12.5 Å². The number of carbonyl (C=O) groups excluding carboxylic acids is 1. The molecular formula is C21H21Cl2N2O2+. The van der Waals surface area contributed by atoms with E-state index in [-0.39, 0.29) is 24.5 Å². The first-order chi connectivity index (χ1) is 13.0. The molecule has 0 aliphatic rings. The molecule has 6 heteroatoms. The normalized spacial score (nSPS) is 13.1. The number of nitrogens with two attached hydrogens (primary N) is 1. The number of nitrogens with one attached hydrogen (secondary N) is 1. The van der Waals surface area contributed by atoms with Crippen LogP contribution in [0.4, 0.5) is 0 Å². The number of benzene rings is 2. The molecule has 2 aromatic carbocycles. The fourth-order valence-corrected chi connectivity index (χ4v) is 3.57. The summed E-state index contributed by atoms with van der Waals surface area (Å²) in [5, 5.41) is 6.05. The molecule has 0 bridgehead atoms. The minimum absolute atomic E-state index is 0.0821. The van der Waals surface area contributed by atoms with Gasteiger partial charge in [0.05, 0.1) is 12.3 Å². The molecule has 0 spiro atoms. The molecule has 3 aromatic rings. The lowest BCUT2D eigenvalue weighted by atomic mass is 10.0. The van der Waals surface area contributed by atoms with Crippen molar-refractivity contribution in [1.82, 2.24) is 5.32 Å². The number of halogens is 2. The van der Waals surface area contributed by atoms with Gasteiger partial charge in [-0.15, -0.1) is 0 Å². The van der Waals surface area contributed by atoms with Crippen molar-refractivity contribution in [3.63, 3.8) is 0 Å². The van der Waals surface area contributed by atoms with Gasteiger partial charge in [-0.2, -0.15) is 0 Å². The predicted molar refractivity (Wildman–Crippen MR) is 107 cm³/mol. The monoisotopic (exact) mass is 403 g/mol. The van der Waals surface area contributed by atoms with Gasteiger partial charge in [0.15, 0.2) is 18.3 Å². The van der Waals surface area contributed by atoms with Crippen molar-refractivity contribution in [2.75, 3.05) is 6.54 Å². The number of amides is 1. The van der Waals surface area contributed by atoms with Crippen LogP contribution in [0.1, 0.15) is 35.9 Å². The lowest BCUT2D eigenvalue weighted by molar-refractivity contribution is -0.678. The molecule has 1 aromatic heterocycles. The fraction of sp³-hybridized carbons (Fsp3) is 0.190. The highest BCUT2D eigenvalue weighted by molar-refractivity contribution is 6.35. The second kappa shape index (κ2) is 9.09. The molecule has 27 heavy (non-hydrogen) atoms. The van der Waals surface area contributed by atoms with Gasteiger partial charge >= 0.3 is 0 Å². The zero-order chi connectivity index (χ0) is 19.2. The summed E-state index contributed by atoms with van der Waals surface area (Å²) in [6.45, 7) is 2.16. The molecule has 2 atom stereocenters. The first kappa shape index (κ1) is 19.5. The van der Waals surface area contributed by atoms with Crippen molar-refractivity contribution in [2.45, 2.75) is 19.0 Å². The minimum Gasteiger partial charge on any atom is -0.463 e. The van der Waals surface area contributed by atoms with Crippen LogP contribution in [-0.2, 0) is 4.79 Å². The Kier molecular flexibility index (Phi) is 6.56. The highest BCUT2D eigenvalue weighted by Crippen LogP contribution is 2.26. The van der Waals surface area contributed by atoms with Gasteiger partial charge in [-0.25, -0.2) is 0 Å². The molecular weight excluding hydrogens is 383 g/mol. The Morgan fingerprint density at radius 2 is 1.89 bits per heavy atom. The Labute approximate surface area is 168 Å². The van der Waals surface area contributed by atoms with Crippen LogP contribution >= 0.6 is 23.2 Å². The largest absolute Gasteiger partial charge is 0.463 e. The smallest absolute Gasteiger partial charge is 0.275 e. The standard InChI is InChI=1S/C21H20Cl2N2O2/c1-14(17-10-9-16(22)12-18(17)23)25-20(26)13-24-21(19-8-5-11-27-19)15-6-3-2-4-7-15/h2-12,14,21,24H,13H2,1H3,(H,25,26)/p+1/t14-,21+/m1/s1. The molecule has 3 N–H and O–H groups in total. The molecule has 140 valence electrons. The maximum absolute atomic E-state index is 12.5. The molecule has 0 aliphatic heterocycles. The maximum atomic E-state index is 12.5. The molecule has 0 saturated carbocycles. The summed E-state index contributed by atoms with van der Waals surface area (Å²) in [5.41, 5.74) is 1.91. The van der Waals surface area contributed by atoms with Crippen molar-refractivity contribution >= 4 is 29.1 Å². The Balaban J connectivity index is 1.64. The van der Waals surface area contributed by atoms with E-state index >= 15 is 0 Å². The lowest BCUT2D eigenvalue weighted by Crippen LogP contribution is -2.87. The van der Waals surface area contributed by atoms with Gasteiger partial charge in [0.1, 0.15) is 0 Å².